The van der Waals surface area contributed by atoms with Gasteiger partial charge in [0, 0.05) is 24.1 Å². The van der Waals surface area contributed by atoms with Crippen molar-refractivity contribution in [1.82, 2.24) is 0 Å². The lowest BCUT2D eigenvalue weighted by Gasteiger charge is -2.34. The van der Waals surface area contributed by atoms with Crippen molar-refractivity contribution in [2.24, 2.45) is 0 Å². The smallest absolute Gasteiger partial charge is 0.203 e. The number of aromatic hydroxyl groups is 4. The number of rotatable bonds is 7. The highest BCUT2D eigenvalue weighted by Crippen LogP contribution is 2.44. The van der Waals surface area contributed by atoms with Gasteiger partial charge in [-0.25, -0.2) is 0 Å². The average molecular weight is 470 g/mol. The van der Waals surface area contributed by atoms with Crippen molar-refractivity contribution in [2.45, 2.75) is 25.2 Å². The van der Waals surface area contributed by atoms with Crippen LogP contribution in [0.5, 0.6) is 46.0 Å². The molecular weight excluding hydrogens is 444 g/mol. The molecule has 0 amide bonds. The number of benzene rings is 3. The minimum absolute atomic E-state index is 0.108. The van der Waals surface area contributed by atoms with E-state index in [4.69, 9.17) is 23.7 Å². The monoisotopic (exact) mass is 470 g/mol. The highest BCUT2D eigenvalue weighted by Gasteiger charge is 2.34. The molecule has 0 radical (unpaired) electrons. The quantitative estimate of drug-likeness (QED) is 0.381. The summed E-state index contributed by atoms with van der Waals surface area (Å²) in [4.78, 5) is 0. The van der Waals surface area contributed by atoms with Crippen molar-refractivity contribution < 1.29 is 44.1 Å². The topological polar surface area (TPSA) is 127 Å². The van der Waals surface area contributed by atoms with Gasteiger partial charge in [0.15, 0.2) is 29.1 Å². The van der Waals surface area contributed by atoms with Crippen molar-refractivity contribution in [1.29, 1.82) is 0 Å². The van der Waals surface area contributed by atoms with E-state index >= 15 is 0 Å². The van der Waals surface area contributed by atoms with Gasteiger partial charge in [-0.3, -0.25) is 0 Å². The average Bonchev–Trinajstić information content (AvgIpc) is 2.83. The van der Waals surface area contributed by atoms with E-state index in [0.29, 0.717) is 34.1 Å². The summed E-state index contributed by atoms with van der Waals surface area (Å²) in [7, 11) is 4.58. The van der Waals surface area contributed by atoms with Gasteiger partial charge in [0.05, 0.1) is 27.9 Å². The van der Waals surface area contributed by atoms with Crippen LogP contribution in [0, 0.1) is 0 Å². The number of fused-ring (bicyclic) bond motifs is 1. The van der Waals surface area contributed by atoms with Crippen LogP contribution in [0.15, 0.2) is 42.5 Å². The van der Waals surface area contributed by atoms with Crippen LogP contribution in [-0.4, -0.2) is 47.9 Å². The van der Waals surface area contributed by atoms with Crippen molar-refractivity contribution in [3.05, 3.63) is 59.2 Å². The first-order valence-corrected chi connectivity index (χ1v) is 10.5. The molecule has 0 unspecified atom stereocenters. The molecule has 0 fully saturated rings. The second-order valence-corrected chi connectivity index (χ2v) is 7.82. The van der Waals surface area contributed by atoms with E-state index in [0.717, 1.165) is 5.56 Å². The minimum atomic E-state index is -0.692. The molecule has 3 aromatic carbocycles. The molecule has 0 saturated carbocycles. The van der Waals surface area contributed by atoms with Crippen LogP contribution < -0.4 is 18.9 Å². The highest BCUT2D eigenvalue weighted by molar-refractivity contribution is 5.54. The van der Waals surface area contributed by atoms with E-state index in [2.05, 4.69) is 0 Å². The number of ether oxygens (including phenoxy) is 5. The molecule has 4 rings (SSSR count). The molecule has 1 aliphatic rings. The lowest BCUT2D eigenvalue weighted by Crippen LogP contribution is -2.33. The van der Waals surface area contributed by atoms with Crippen LogP contribution in [-0.2, 0) is 17.8 Å². The first-order chi connectivity index (χ1) is 16.3. The van der Waals surface area contributed by atoms with Gasteiger partial charge >= 0.3 is 0 Å². The third-order valence-electron chi connectivity index (χ3n) is 5.68. The molecule has 9 nitrogen and oxygen atoms in total. The number of phenolic OH excluding ortho intramolecular Hbond substituents is 4. The molecule has 9 heteroatoms. The number of hydrogen-bond donors (Lipinski definition) is 4. The molecule has 0 spiro atoms. The summed E-state index contributed by atoms with van der Waals surface area (Å²) >= 11 is 0. The zero-order valence-corrected chi connectivity index (χ0v) is 18.9. The van der Waals surface area contributed by atoms with Gasteiger partial charge in [0.1, 0.15) is 23.4 Å². The van der Waals surface area contributed by atoms with E-state index in [9.17, 15) is 20.4 Å². The van der Waals surface area contributed by atoms with Crippen molar-refractivity contribution in [2.75, 3.05) is 21.3 Å². The Balaban J connectivity index is 1.67. The molecule has 0 aliphatic carbocycles. The first-order valence-electron chi connectivity index (χ1n) is 10.5. The molecule has 0 aromatic heterocycles. The molecule has 3 aromatic rings. The highest BCUT2D eigenvalue weighted by atomic mass is 16.5. The number of methoxy groups -OCH3 is 3. The molecule has 4 N–H and O–H groups in total. The lowest BCUT2D eigenvalue weighted by atomic mass is 9.93. The van der Waals surface area contributed by atoms with E-state index in [-0.39, 0.29) is 36.0 Å². The van der Waals surface area contributed by atoms with Crippen molar-refractivity contribution >= 4 is 0 Å². The van der Waals surface area contributed by atoms with Gasteiger partial charge in [-0.2, -0.15) is 0 Å². The zero-order valence-electron chi connectivity index (χ0n) is 18.9. The predicted octanol–water partition coefficient (Wildman–Crippen LogP) is 3.80. The summed E-state index contributed by atoms with van der Waals surface area (Å²) in [5, 5.41) is 40.0. The van der Waals surface area contributed by atoms with Crippen LogP contribution >= 0.6 is 0 Å². The van der Waals surface area contributed by atoms with Crippen molar-refractivity contribution in [3.8, 4) is 46.0 Å². The Hall–Kier alpha value is -3.98. The van der Waals surface area contributed by atoms with Gasteiger partial charge in [0.2, 0.25) is 5.75 Å². The van der Waals surface area contributed by atoms with Gasteiger partial charge in [-0.1, -0.05) is 6.07 Å². The van der Waals surface area contributed by atoms with Crippen molar-refractivity contribution in [3.63, 3.8) is 0 Å². The van der Waals surface area contributed by atoms with E-state index < -0.39 is 12.2 Å². The summed E-state index contributed by atoms with van der Waals surface area (Å²) in [5.41, 5.74) is 1.80. The molecule has 34 heavy (non-hydrogen) atoms. The summed E-state index contributed by atoms with van der Waals surface area (Å²) in [6.45, 7) is 0.152. The Morgan fingerprint density at radius 3 is 2.15 bits per heavy atom. The van der Waals surface area contributed by atoms with Gasteiger partial charge in [0.25, 0.3) is 0 Å². The van der Waals surface area contributed by atoms with Gasteiger partial charge in [-0.05, 0) is 35.4 Å². The Morgan fingerprint density at radius 1 is 0.824 bits per heavy atom. The van der Waals surface area contributed by atoms with Crippen LogP contribution in [0.3, 0.4) is 0 Å². The molecule has 0 bridgehead atoms. The summed E-state index contributed by atoms with van der Waals surface area (Å²) < 4.78 is 28.5. The minimum Gasteiger partial charge on any atom is -0.508 e. The Morgan fingerprint density at radius 2 is 1.53 bits per heavy atom. The molecular formula is C25H26O9. The fraction of sp³-hybridized carbons (Fsp3) is 0.280. The first kappa shape index (κ1) is 23.2. The molecule has 2 atom stereocenters. The van der Waals surface area contributed by atoms with Crippen LogP contribution in [0.4, 0.5) is 0 Å². The number of hydrogen-bond acceptors (Lipinski definition) is 9. The van der Waals surface area contributed by atoms with Crippen LogP contribution in [0.2, 0.25) is 0 Å². The summed E-state index contributed by atoms with van der Waals surface area (Å²) in [6, 6.07) is 10.6. The lowest BCUT2D eigenvalue weighted by molar-refractivity contribution is -0.0467. The molecule has 180 valence electrons. The predicted molar refractivity (Wildman–Crippen MR) is 121 cm³/mol. The summed E-state index contributed by atoms with van der Waals surface area (Å²) in [6.07, 6.45) is -0.994. The standard InChI is InChI=1S/C25H26O9/c1-30-21-6-13(7-22(31-2)25(21)32-3)12-33-23-11-16-18(28)9-15(26)10-20(16)34-24(23)14-4-5-17(27)19(29)8-14/h4-10,23-24,26-29H,11-12H2,1-3H3/t23-,24+/m0/s1. The largest absolute Gasteiger partial charge is 0.508 e. The molecule has 1 aliphatic heterocycles. The summed E-state index contributed by atoms with van der Waals surface area (Å²) in [5.74, 6) is 0.939. The normalized spacial score (nSPS) is 16.9. The maximum Gasteiger partial charge on any atom is 0.203 e. The second-order valence-electron chi connectivity index (χ2n) is 7.82. The maximum atomic E-state index is 10.4. The van der Waals surface area contributed by atoms with Gasteiger partial charge < -0.3 is 44.1 Å². The molecule has 0 saturated heterocycles. The fourth-order valence-corrected chi connectivity index (χ4v) is 4.02. The third-order valence-corrected chi connectivity index (χ3v) is 5.68. The maximum absolute atomic E-state index is 10.4. The third kappa shape index (κ3) is 4.42. The second kappa shape index (κ2) is 9.48. The Labute approximate surface area is 196 Å². The van der Waals surface area contributed by atoms with E-state index in [1.807, 2.05) is 0 Å². The van der Waals surface area contributed by atoms with Crippen LogP contribution in [0.1, 0.15) is 22.8 Å². The SMILES string of the molecule is COc1cc(CO[C@H]2Cc3c(O)cc(O)cc3O[C@@H]2c2ccc(O)c(O)c2)cc(OC)c1OC. The Bertz CT molecular complexity index is 1170. The number of phenols is 4. The van der Waals surface area contributed by atoms with Crippen LogP contribution in [0.25, 0.3) is 0 Å². The zero-order chi connectivity index (χ0) is 24.4. The van der Waals surface area contributed by atoms with Gasteiger partial charge in [-0.15, -0.1) is 0 Å². The molecule has 1 heterocycles. The fourth-order valence-electron chi connectivity index (χ4n) is 4.02. The Kier molecular flexibility index (Phi) is 6.47. The van der Waals surface area contributed by atoms with E-state index in [1.165, 1.54) is 45.6 Å². The van der Waals surface area contributed by atoms with E-state index in [1.54, 1.807) is 18.2 Å².